The number of hydrogen-bond acceptors (Lipinski definition) is 3. The van der Waals surface area contributed by atoms with E-state index >= 15 is 0 Å². The second-order valence-electron chi connectivity index (χ2n) is 6.17. The van der Waals surface area contributed by atoms with Crippen LogP contribution < -0.4 is 5.73 Å². The van der Waals surface area contributed by atoms with Gasteiger partial charge in [-0.05, 0) is 23.8 Å². The van der Waals surface area contributed by atoms with Crippen LogP contribution in [-0.2, 0) is 6.18 Å². The molecule has 0 spiro atoms. The largest absolute Gasteiger partial charge is 0.416 e. The lowest BCUT2D eigenvalue weighted by Crippen LogP contribution is -2.08. The topological polar surface area (TPSA) is 56.2 Å². The van der Waals surface area contributed by atoms with Crippen LogP contribution in [0, 0.1) is 0 Å². The number of benzene rings is 2. The Labute approximate surface area is 147 Å². The maximum Gasteiger partial charge on any atom is 0.416 e. The number of rotatable bonds is 2. The summed E-state index contributed by atoms with van der Waals surface area (Å²) in [7, 11) is 0. The Kier molecular flexibility index (Phi) is 3.61. The fraction of sp³-hybridized carbons (Fsp3) is 0.158. The molecule has 4 rings (SSSR count). The first-order valence-corrected chi connectivity index (χ1v) is 8.05. The van der Waals surface area contributed by atoms with Gasteiger partial charge in [-0.3, -0.25) is 4.40 Å². The minimum atomic E-state index is -4.38. The molecular formula is C19H15F3N4. The lowest BCUT2D eigenvalue weighted by atomic mass is 9.98. The molecule has 0 radical (unpaired) electrons. The number of nitrogens with two attached hydrogens (primary N) is 1. The molecule has 4 aromatic rings. The molecule has 2 aromatic carbocycles. The lowest BCUT2D eigenvalue weighted by molar-refractivity contribution is -0.137. The minimum absolute atomic E-state index is 0.353. The molecule has 2 aromatic heterocycles. The number of alkyl halides is 3. The Balaban J connectivity index is 1.91. The van der Waals surface area contributed by atoms with Crippen molar-refractivity contribution in [1.29, 1.82) is 0 Å². The molecule has 2 N–H and O–H groups in total. The van der Waals surface area contributed by atoms with Crippen molar-refractivity contribution in [2.75, 3.05) is 5.73 Å². The number of nitrogens with zero attached hydrogens (tertiary/aromatic N) is 3. The van der Waals surface area contributed by atoms with Crippen molar-refractivity contribution in [3.05, 3.63) is 71.7 Å². The first-order chi connectivity index (χ1) is 12.4. The standard InChI is InChI=1S/C19H15F3N4/c1-11(12-5-4-6-13(9-12)19(20,21)22)18-24-10-16-25-17(23)14-7-2-3-8-15(14)26(16)18/h2-11H,1H3,(H2,23,25)/t11-/m1/s1. The second-order valence-corrected chi connectivity index (χ2v) is 6.17. The molecule has 26 heavy (non-hydrogen) atoms. The van der Waals surface area contributed by atoms with Crippen LogP contribution in [0.25, 0.3) is 16.6 Å². The van der Waals surface area contributed by atoms with Crippen molar-refractivity contribution in [3.63, 3.8) is 0 Å². The van der Waals surface area contributed by atoms with Crippen LogP contribution in [0.1, 0.15) is 29.8 Å². The van der Waals surface area contributed by atoms with Crippen LogP contribution in [0.4, 0.5) is 19.0 Å². The van der Waals surface area contributed by atoms with E-state index in [2.05, 4.69) is 9.97 Å². The fourth-order valence-electron chi connectivity index (χ4n) is 3.19. The number of hydrogen-bond donors (Lipinski definition) is 1. The highest BCUT2D eigenvalue weighted by molar-refractivity contribution is 5.90. The Morgan fingerprint density at radius 1 is 1.08 bits per heavy atom. The van der Waals surface area contributed by atoms with Crippen molar-refractivity contribution in [3.8, 4) is 0 Å². The summed E-state index contributed by atoms with van der Waals surface area (Å²) in [4.78, 5) is 8.77. The molecule has 132 valence electrons. The summed E-state index contributed by atoms with van der Waals surface area (Å²) >= 11 is 0. The molecule has 0 aliphatic carbocycles. The normalized spacial score (nSPS) is 13.4. The van der Waals surface area contributed by atoms with E-state index in [0.29, 0.717) is 22.9 Å². The predicted molar refractivity (Wildman–Crippen MR) is 93.9 cm³/mol. The van der Waals surface area contributed by atoms with Gasteiger partial charge in [0.2, 0.25) is 0 Å². The molecule has 1 atom stereocenters. The van der Waals surface area contributed by atoms with Crippen LogP contribution in [0.2, 0.25) is 0 Å². The number of imidazole rings is 1. The fourth-order valence-corrected chi connectivity index (χ4v) is 3.19. The Morgan fingerprint density at radius 3 is 2.62 bits per heavy atom. The van der Waals surface area contributed by atoms with Crippen LogP contribution in [0.5, 0.6) is 0 Å². The minimum Gasteiger partial charge on any atom is -0.383 e. The summed E-state index contributed by atoms with van der Waals surface area (Å²) in [6.07, 6.45) is -2.80. The smallest absolute Gasteiger partial charge is 0.383 e. The molecule has 4 nitrogen and oxygen atoms in total. The van der Waals surface area contributed by atoms with E-state index in [9.17, 15) is 13.2 Å². The van der Waals surface area contributed by atoms with Gasteiger partial charge in [0.25, 0.3) is 0 Å². The molecule has 0 saturated heterocycles. The number of para-hydroxylation sites is 1. The van der Waals surface area contributed by atoms with Crippen LogP contribution >= 0.6 is 0 Å². The number of halogens is 3. The quantitative estimate of drug-likeness (QED) is 0.569. The summed E-state index contributed by atoms with van der Waals surface area (Å²) in [5.74, 6) is 0.655. The molecule has 0 amide bonds. The highest BCUT2D eigenvalue weighted by Crippen LogP contribution is 2.33. The zero-order valence-corrected chi connectivity index (χ0v) is 13.8. The van der Waals surface area contributed by atoms with Crippen molar-refractivity contribution in [1.82, 2.24) is 14.4 Å². The molecular weight excluding hydrogens is 341 g/mol. The molecule has 0 aliphatic heterocycles. The number of nitrogen functional groups attached to an aromatic ring is 1. The monoisotopic (exact) mass is 356 g/mol. The van der Waals surface area contributed by atoms with Crippen molar-refractivity contribution < 1.29 is 13.2 Å². The van der Waals surface area contributed by atoms with Gasteiger partial charge < -0.3 is 5.73 Å². The van der Waals surface area contributed by atoms with Gasteiger partial charge in [0.1, 0.15) is 11.6 Å². The van der Waals surface area contributed by atoms with Gasteiger partial charge in [0.05, 0.1) is 17.3 Å². The highest BCUT2D eigenvalue weighted by Gasteiger charge is 2.31. The van der Waals surface area contributed by atoms with E-state index in [1.807, 2.05) is 35.6 Å². The Morgan fingerprint density at radius 2 is 1.85 bits per heavy atom. The zero-order valence-electron chi connectivity index (χ0n) is 13.8. The summed E-state index contributed by atoms with van der Waals surface area (Å²) in [5, 5.41) is 0.774. The van der Waals surface area contributed by atoms with Crippen LogP contribution in [0.15, 0.2) is 54.7 Å². The van der Waals surface area contributed by atoms with E-state index in [-0.39, 0.29) is 5.92 Å². The lowest BCUT2D eigenvalue weighted by Gasteiger charge is -2.15. The van der Waals surface area contributed by atoms with Crippen molar-refractivity contribution in [2.45, 2.75) is 19.0 Å². The van der Waals surface area contributed by atoms with Gasteiger partial charge in [-0.25, -0.2) is 9.97 Å². The molecule has 0 unspecified atom stereocenters. The molecule has 2 heterocycles. The second kappa shape index (κ2) is 5.72. The SMILES string of the molecule is C[C@H](c1cccc(C(F)(F)F)c1)c1ncc2nc(N)c3ccccc3n12. The highest BCUT2D eigenvalue weighted by atomic mass is 19.4. The van der Waals surface area contributed by atoms with Crippen LogP contribution in [0.3, 0.4) is 0 Å². The summed E-state index contributed by atoms with van der Waals surface area (Å²) in [6, 6.07) is 12.8. The number of fused-ring (bicyclic) bond motifs is 3. The third kappa shape index (κ3) is 2.56. The zero-order chi connectivity index (χ0) is 18.5. The summed E-state index contributed by atoms with van der Waals surface area (Å²) in [5.41, 5.74) is 7.26. The summed E-state index contributed by atoms with van der Waals surface area (Å²) < 4.78 is 40.9. The van der Waals surface area contributed by atoms with Gasteiger partial charge in [0.15, 0.2) is 5.65 Å². The van der Waals surface area contributed by atoms with Crippen molar-refractivity contribution in [2.24, 2.45) is 0 Å². The van der Waals surface area contributed by atoms with Gasteiger partial charge >= 0.3 is 6.18 Å². The molecule has 0 bridgehead atoms. The van der Waals surface area contributed by atoms with E-state index < -0.39 is 11.7 Å². The third-order valence-corrected chi connectivity index (χ3v) is 4.53. The van der Waals surface area contributed by atoms with E-state index in [1.165, 1.54) is 12.1 Å². The Bertz CT molecular complexity index is 1110. The summed E-state index contributed by atoms with van der Waals surface area (Å²) in [6.45, 7) is 1.83. The van der Waals surface area contributed by atoms with E-state index in [4.69, 9.17) is 5.73 Å². The molecule has 0 saturated carbocycles. The average molecular weight is 356 g/mol. The number of anilines is 1. The molecule has 7 heteroatoms. The van der Waals surface area contributed by atoms with Gasteiger partial charge in [-0.1, -0.05) is 37.3 Å². The molecule has 0 fully saturated rings. The predicted octanol–water partition coefficient (Wildman–Crippen LogP) is 4.64. The first kappa shape index (κ1) is 16.4. The average Bonchev–Trinajstić information content (AvgIpc) is 3.04. The maximum absolute atomic E-state index is 13.0. The number of aromatic nitrogens is 3. The van der Waals surface area contributed by atoms with E-state index in [0.717, 1.165) is 17.0 Å². The van der Waals surface area contributed by atoms with Crippen molar-refractivity contribution >= 4 is 22.4 Å². The maximum atomic E-state index is 13.0. The molecule has 0 aliphatic rings. The first-order valence-electron chi connectivity index (χ1n) is 8.05. The van der Waals surface area contributed by atoms with Crippen LogP contribution in [-0.4, -0.2) is 14.4 Å². The van der Waals surface area contributed by atoms with Gasteiger partial charge in [-0.2, -0.15) is 13.2 Å². The van der Waals surface area contributed by atoms with Gasteiger partial charge in [0, 0.05) is 11.3 Å². The van der Waals surface area contributed by atoms with E-state index in [1.54, 1.807) is 12.3 Å². The third-order valence-electron chi connectivity index (χ3n) is 4.53. The Hall–Kier alpha value is -3.09. The van der Waals surface area contributed by atoms with Gasteiger partial charge in [-0.15, -0.1) is 0 Å².